The van der Waals surface area contributed by atoms with Gasteiger partial charge in [-0.15, -0.1) is 0 Å². The lowest BCUT2D eigenvalue weighted by Crippen LogP contribution is -2.38. The van der Waals surface area contributed by atoms with Crippen LogP contribution in [-0.4, -0.2) is 52.3 Å². The van der Waals surface area contributed by atoms with E-state index in [1.54, 1.807) is 0 Å². The number of carbonyl (C=O) groups is 3. The number of nitrogens with zero attached hydrogens (tertiary/aromatic N) is 2. The number of aliphatic carboxylic acids is 2. The maximum atomic E-state index is 12.5. The fourth-order valence-corrected chi connectivity index (χ4v) is 3.94. The molecule has 0 aromatic heterocycles. The van der Waals surface area contributed by atoms with E-state index < -0.39 is 18.0 Å². The molecule has 0 bridgehead atoms. The summed E-state index contributed by atoms with van der Waals surface area (Å²) in [6, 6.07) is 27.6. The molecule has 9 heteroatoms. The van der Waals surface area contributed by atoms with Crippen LogP contribution in [0.15, 0.2) is 78.9 Å². The van der Waals surface area contributed by atoms with E-state index in [-0.39, 0.29) is 6.10 Å². The van der Waals surface area contributed by atoms with E-state index in [1.807, 2.05) is 78.9 Å². The van der Waals surface area contributed by atoms with Gasteiger partial charge in [-0.2, -0.15) is 5.26 Å². The predicted molar refractivity (Wildman–Crippen MR) is 137 cm³/mol. The van der Waals surface area contributed by atoms with Gasteiger partial charge in [0.05, 0.1) is 17.3 Å². The number of piperidine rings is 1. The summed E-state index contributed by atoms with van der Waals surface area (Å²) in [6.45, 7) is 2.52. The minimum absolute atomic E-state index is 0.0921. The zero-order valence-electron chi connectivity index (χ0n) is 20.0. The molecule has 1 fully saturated rings. The minimum Gasteiger partial charge on any atom is -0.473 e. The first-order valence-corrected chi connectivity index (χ1v) is 11.7. The summed E-state index contributed by atoms with van der Waals surface area (Å²) in [5.41, 5.74) is 4.58. The summed E-state index contributed by atoms with van der Waals surface area (Å²) in [7, 11) is 0. The van der Waals surface area contributed by atoms with Crippen LogP contribution in [0.2, 0.25) is 0 Å². The van der Waals surface area contributed by atoms with Gasteiger partial charge in [-0.1, -0.05) is 60.7 Å². The fourth-order valence-electron chi connectivity index (χ4n) is 3.94. The van der Waals surface area contributed by atoms with Gasteiger partial charge in [0.1, 0.15) is 6.10 Å². The van der Waals surface area contributed by atoms with Gasteiger partial charge in [0.15, 0.2) is 0 Å². The maximum Gasteiger partial charge on any atom is 0.414 e. The van der Waals surface area contributed by atoms with Crippen LogP contribution in [0.3, 0.4) is 0 Å². The van der Waals surface area contributed by atoms with Crippen LogP contribution in [0.4, 0.5) is 10.5 Å². The van der Waals surface area contributed by atoms with Crippen molar-refractivity contribution in [2.24, 2.45) is 0 Å². The molecule has 0 radical (unpaired) electrons. The molecule has 0 spiro atoms. The van der Waals surface area contributed by atoms with Crippen LogP contribution in [0.1, 0.15) is 24.0 Å². The molecule has 0 unspecified atom stereocenters. The Kier molecular flexibility index (Phi) is 9.76. The first-order valence-electron chi connectivity index (χ1n) is 11.7. The number of carboxylic acid groups (broad SMARTS) is 2. The van der Waals surface area contributed by atoms with E-state index in [1.165, 1.54) is 0 Å². The molecule has 1 aliphatic heterocycles. The Morgan fingerprint density at radius 2 is 1.57 bits per heavy atom. The topological polar surface area (TPSA) is 140 Å². The third kappa shape index (κ3) is 8.49. The van der Waals surface area contributed by atoms with Crippen LogP contribution >= 0.6 is 0 Å². The largest absolute Gasteiger partial charge is 0.473 e. The van der Waals surface area contributed by atoms with Crippen molar-refractivity contribution in [1.29, 1.82) is 5.26 Å². The van der Waals surface area contributed by atoms with Gasteiger partial charge in [-0.25, -0.2) is 14.4 Å². The first-order chi connectivity index (χ1) is 17.9. The zero-order chi connectivity index (χ0) is 26.6. The standard InChI is InChI=1S/C26H25N3O2.C2H2O4/c27-18-20-7-6-8-21(17-20)19-29-15-13-23(14-16-29)31-26(30)28-25-12-5-4-11-24(25)22-9-2-1-3-10-22;3-1(4)2(5)6/h1-12,17,23H,13-16,19H2,(H,28,30);(H,3,4)(H,5,6). The molecule has 1 aliphatic rings. The van der Waals surface area contributed by atoms with Crippen molar-refractivity contribution in [2.45, 2.75) is 25.5 Å². The predicted octanol–water partition coefficient (Wildman–Crippen LogP) is 4.59. The maximum absolute atomic E-state index is 12.5. The van der Waals surface area contributed by atoms with Crippen LogP contribution in [0, 0.1) is 11.3 Å². The van der Waals surface area contributed by atoms with Crippen molar-refractivity contribution in [1.82, 2.24) is 4.90 Å². The zero-order valence-corrected chi connectivity index (χ0v) is 20.0. The summed E-state index contributed by atoms with van der Waals surface area (Å²) in [5.74, 6) is -3.65. The number of nitriles is 1. The molecule has 0 atom stereocenters. The number of carbonyl (C=O) groups excluding carboxylic acids is 1. The monoisotopic (exact) mass is 501 g/mol. The average molecular weight is 502 g/mol. The Balaban J connectivity index is 0.000000568. The normalized spacial score (nSPS) is 13.4. The number of para-hydroxylation sites is 1. The number of ether oxygens (including phenoxy) is 1. The van der Waals surface area contributed by atoms with E-state index >= 15 is 0 Å². The van der Waals surface area contributed by atoms with Crippen LogP contribution in [-0.2, 0) is 20.9 Å². The van der Waals surface area contributed by atoms with Gasteiger partial charge in [0.2, 0.25) is 0 Å². The summed E-state index contributed by atoms with van der Waals surface area (Å²) >= 11 is 0. The molecular weight excluding hydrogens is 474 g/mol. The highest BCUT2D eigenvalue weighted by Gasteiger charge is 2.23. The van der Waals surface area contributed by atoms with Crippen molar-refractivity contribution >= 4 is 23.7 Å². The van der Waals surface area contributed by atoms with E-state index in [9.17, 15) is 4.79 Å². The molecule has 1 amide bonds. The molecule has 0 aliphatic carbocycles. The van der Waals surface area contributed by atoms with Crippen molar-refractivity contribution in [2.75, 3.05) is 18.4 Å². The Labute approximate surface area is 214 Å². The molecule has 0 saturated carbocycles. The molecule has 190 valence electrons. The van der Waals surface area contributed by atoms with Crippen LogP contribution in [0.25, 0.3) is 11.1 Å². The minimum atomic E-state index is -1.82. The number of carboxylic acids is 2. The van der Waals surface area contributed by atoms with E-state index in [2.05, 4.69) is 16.3 Å². The summed E-state index contributed by atoms with van der Waals surface area (Å²) in [5, 5.41) is 26.8. The Morgan fingerprint density at radius 1 is 0.919 bits per heavy atom. The highest BCUT2D eigenvalue weighted by molar-refractivity contribution is 6.27. The molecule has 4 rings (SSSR count). The number of rotatable bonds is 5. The van der Waals surface area contributed by atoms with E-state index in [0.717, 1.165) is 54.9 Å². The number of amides is 1. The van der Waals surface area contributed by atoms with Gasteiger partial charge in [-0.3, -0.25) is 10.2 Å². The average Bonchev–Trinajstić information content (AvgIpc) is 2.91. The molecule has 1 saturated heterocycles. The van der Waals surface area contributed by atoms with Gasteiger partial charge in [0.25, 0.3) is 0 Å². The quantitative estimate of drug-likeness (QED) is 0.431. The molecular formula is C28H27N3O6. The highest BCUT2D eigenvalue weighted by atomic mass is 16.6. The Hall–Kier alpha value is -4.68. The lowest BCUT2D eigenvalue weighted by atomic mass is 10.0. The van der Waals surface area contributed by atoms with E-state index in [0.29, 0.717) is 5.56 Å². The smallest absolute Gasteiger partial charge is 0.414 e. The number of anilines is 1. The van der Waals surface area contributed by atoms with Crippen molar-refractivity contribution in [3.8, 4) is 17.2 Å². The van der Waals surface area contributed by atoms with E-state index in [4.69, 9.17) is 29.8 Å². The van der Waals surface area contributed by atoms with Gasteiger partial charge in [0, 0.05) is 25.2 Å². The number of benzene rings is 3. The number of hydrogen-bond acceptors (Lipinski definition) is 6. The van der Waals surface area contributed by atoms with Crippen molar-refractivity contribution < 1.29 is 29.3 Å². The van der Waals surface area contributed by atoms with Crippen molar-refractivity contribution in [3.63, 3.8) is 0 Å². The fraction of sp³-hybridized carbons (Fsp3) is 0.214. The van der Waals surface area contributed by atoms with Crippen molar-refractivity contribution in [3.05, 3.63) is 90.0 Å². The molecule has 1 heterocycles. The third-order valence-corrected chi connectivity index (χ3v) is 5.70. The van der Waals surface area contributed by atoms with Crippen LogP contribution in [0.5, 0.6) is 0 Å². The van der Waals surface area contributed by atoms with Crippen LogP contribution < -0.4 is 5.32 Å². The second-order valence-electron chi connectivity index (χ2n) is 8.34. The lowest BCUT2D eigenvalue weighted by Gasteiger charge is -2.31. The highest BCUT2D eigenvalue weighted by Crippen LogP contribution is 2.28. The molecule has 3 N–H and O–H groups in total. The number of nitrogens with one attached hydrogen (secondary N) is 1. The second-order valence-corrected chi connectivity index (χ2v) is 8.34. The summed E-state index contributed by atoms with van der Waals surface area (Å²) < 4.78 is 5.70. The van der Waals surface area contributed by atoms with Gasteiger partial charge >= 0.3 is 18.0 Å². The molecule has 3 aromatic carbocycles. The number of hydrogen-bond donors (Lipinski definition) is 3. The first kappa shape index (κ1) is 26.9. The third-order valence-electron chi connectivity index (χ3n) is 5.70. The van der Waals surface area contributed by atoms with Gasteiger partial charge < -0.3 is 14.9 Å². The Bertz CT molecular complexity index is 1250. The molecule has 37 heavy (non-hydrogen) atoms. The lowest BCUT2D eigenvalue weighted by molar-refractivity contribution is -0.159. The number of likely N-dealkylation sites (tertiary alicyclic amines) is 1. The molecule has 9 nitrogen and oxygen atoms in total. The SMILES string of the molecule is N#Cc1cccc(CN2CCC(OC(=O)Nc3ccccc3-c3ccccc3)CC2)c1.O=C(O)C(=O)O. The second kappa shape index (κ2) is 13.4. The Morgan fingerprint density at radius 3 is 2.22 bits per heavy atom. The molecule has 3 aromatic rings. The summed E-state index contributed by atoms with van der Waals surface area (Å²) in [6.07, 6.45) is 1.09. The van der Waals surface area contributed by atoms with Gasteiger partial charge in [-0.05, 0) is 42.2 Å². The summed E-state index contributed by atoms with van der Waals surface area (Å²) in [4.78, 5) is 33.1.